The molecule has 0 unspecified atom stereocenters. The van der Waals surface area contributed by atoms with E-state index in [4.69, 9.17) is 0 Å². The van der Waals surface area contributed by atoms with Crippen LogP contribution in [0.5, 0.6) is 0 Å². The van der Waals surface area contributed by atoms with E-state index in [9.17, 15) is 4.79 Å². The maximum atomic E-state index is 12.6. The number of nitrogens with zero attached hydrogens (tertiary/aromatic N) is 2. The van der Waals surface area contributed by atoms with E-state index in [-0.39, 0.29) is 5.91 Å². The van der Waals surface area contributed by atoms with Crippen molar-refractivity contribution in [3.63, 3.8) is 0 Å². The monoisotopic (exact) mass is 283 g/mol. The molecular formula is C17H21N3O. The van der Waals surface area contributed by atoms with Crippen molar-refractivity contribution in [1.82, 2.24) is 9.88 Å². The van der Waals surface area contributed by atoms with Gasteiger partial charge in [0.15, 0.2) is 0 Å². The van der Waals surface area contributed by atoms with Gasteiger partial charge in [-0.1, -0.05) is 29.8 Å². The standard InChI is InChI=1S/C17H21N3O/c1-4-19-16-8-9-18-11-15(16)17(21)20(3)12-14-7-5-6-13(2)10-14/h5-11H,4,12H2,1-3H3,(H,18,19). The summed E-state index contributed by atoms with van der Waals surface area (Å²) < 4.78 is 0. The van der Waals surface area contributed by atoms with Gasteiger partial charge in [-0.05, 0) is 25.5 Å². The zero-order chi connectivity index (χ0) is 15.2. The first kappa shape index (κ1) is 15.0. The van der Waals surface area contributed by atoms with E-state index >= 15 is 0 Å². The first-order valence-corrected chi connectivity index (χ1v) is 7.10. The number of anilines is 1. The summed E-state index contributed by atoms with van der Waals surface area (Å²) >= 11 is 0. The van der Waals surface area contributed by atoms with E-state index in [1.165, 1.54) is 5.56 Å². The van der Waals surface area contributed by atoms with Gasteiger partial charge in [-0.3, -0.25) is 9.78 Å². The van der Waals surface area contributed by atoms with E-state index < -0.39 is 0 Å². The van der Waals surface area contributed by atoms with E-state index in [0.29, 0.717) is 12.1 Å². The fourth-order valence-corrected chi connectivity index (χ4v) is 2.27. The van der Waals surface area contributed by atoms with Gasteiger partial charge in [0.05, 0.1) is 11.3 Å². The summed E-state index contributed by atoms with van der Waals surface area (Å²) in [5, 5.41) is 3.20. The van der Waals surface area contributed by atoms with E-state index in [0.717, 1.165) is 17.8 Å². The van der Waals surface area contributed by atoms with Crippen LogP contribution in [0.25, 0.3) is 0 Å². The third kappa shape index (κ3) is 3.81. The zero-order valence-corrected chi connectivity index (χ0v) is 12.8. The topological polar surface area (TPSA) is 45.2 Å². The zero-order valence-electron chi connectivity index (χ0n) is 12.8. The molecule has 0 atom stereocenters. The molecule has 2 rings (SSSR count). The minimum Gasteiger partial charge on any atom is -0.385 e. The van der Waals surface area contributed by atoms with Crippen molar-refractivity contribution in [1.29, 1.82) is 0 Å². The van der Waals surface area contributed by atoms with Crippen LogP contribution in [0.3, 0.4) is 0 Å². The Morgan fingerprint density at radius 3 is 2.86 bits per heavy atom. The summed E-state index contributed by atoms with van der Waals surface area (Å²) in [6.07, 6.45) is 3.31. The molecule has 1 aromatic carbocycles. The Hall–Kier alpha value is -2.36. The number of benzene rings is 1. The Labute approximate surface area is 125 Å². The molecule has 1 heterocycles. The van der Waals surface area contributed by atoms with Gasteiger partial charge in [-0.2, -0.15) is 0 Å². The van der Waals surface area contributed by atoms with E-state index in [1.54, 1.807) is 17.3 Å². The minimum atomic E-state index is -0.0273. The van der Waals surface area contributed by atoms with Crippen LogP contribution in [0.2, 0.25) is 0 Å². The summed E-state index contributed by atoms with van der Waals surface area (Å²) in [5.74, 6) is -0.0273. The lowest BCUT2D eigenvalue weighted by Gasteiger charge is -2.19. The predicted molar refractivity (Wildman–Crippen MR) is 85.4 cm³/mol. The summed E-state index contributed by atoms with van der Waals surface area (Å²) in [5.41, 5.74) is 3.76. The van der Waals surface area contributed by atoms with E-state index in [2.05, 4.69) is 29.4 Å². The fourth-order valence-electron chi connectivity index (χ4n) is 2.27. The van der Waals surface area contributed by atoms with Gasteiger partial charge < -0.3 is 10.2 Å². The average Bonchev–Trinajstić information content (AvgIpc) is 2.47. The summed E-state index contributed by atoms with van der Waals surface area (Å²) in [4.78, 5) is 18.4. The van der Waals surface area contributed by atoms with Crippen LogP contribution < -0.4 is 5.32 Å². The molecule has 4 nitrogen and oxygen atoms in total. The molecule has 0 spiro atoms. The van der Waals surface area contributed by atoms with Gasteiger partial charge in [0.25, 0.3) is 5.91 Å². The molecule has 0 saturated heterocycles. The van der Waals surface area contributed by atoms with Crippen LogP contribution >= 0.6 is 0 Å². The maximum Gasteiger partial charge on any atom is 0.257 e. The molecule has 1 aromatic heterocycles. The lowest BCUT2D eigenvalue weighted by Crippen LogP contribution is -2.27. The lowest BCUT2D eigenvalue weighted by molar-refractivity contribution is 0.0785. The van der Waals surface area contributed by atoms with Crippen LogP contribution in [0.1, 0.15) is 28.4 Å². The van der Waals surface area contributed by atoms with Crippen LogP contribution in [-0.2, 0) is 6.54 Å². The molecule has 0 saturated carbocycles. The molecule has 0 bridgehead atoms. The van der Waals surface area contributed by atoms with Crippen molar-refractivity contribution >= 4 is 11.6 Å². The molecule has 1 N–H and O–H groups in total. The maximum absolute atomic E-state index is 12.6. The minimum absolute atomic E-state index is 0.0273. The Kier molecular flexibility index (Phi) is 4.93. The second-order valence-electron chi connectivity index (χ2n) is 5.10. The third-order valence-corrected chi connectivity index (χ3v) is 3.27. The lowest BCUT2D eigenvalue weighted by atomic mass is 10.1. The van der Waals surface area contributed by atoms with Crippen LogP contribution in [0.4, 0.5) is 5.69 Å². The SMILES string of the molecule is CCNc1ccncc1C(=O)N(C)Cc1cccc(C)c1. The molecule has 21 heavy (non-hydrogen) atoms. The smallest absolute Gasteiger partial charge is 0.257 e. The molecular weight excluding hydrogens is 262 g/mol. The summed E-state index contributed by atoms with van der Waals surface area (Å²) in [6, 6.07) is 10.0. The Morgan fingerprint density at radius 2 is 2.14 bits per heavy atom. The molecule has 0 aliphatic carbocycles. The molecule has 0 radical (unpaired) electrons. The van der Waals surface area contributed by atoms with Crippen molar-refractivity contribution in [2.45, 2.75) is 20.4 Å². The van der Waals surface area contributed by atoms with Gasteiger partial charge in [0.1, 0.15) is 0 Å². The summed E-state index contributed by atoms with van der Waals surface area (Å²) in [6.45, 7) is 5.41. The van der Waals surface area contributed by atoms with Gasteiger partial charge in [-0.15, -0.1) is 0 Å². The number of hydrogen-bond acceptors (Lipinski definition) is 3. The van der Waals surface area contributed by atoms with Gasteiger partial charge >= 0.3 is 0 Å². The average molecular weight is 283 g/mol. The highest BCUT2D eigenvalue weighted by molar-refractivity contribution is 5.99. The number of carbonyl (C=O) groups excluding carboxylic acids is 1. The van der Waals surface area contributed by atoms with Gasteiger partial charge in [0.2, 0.25) is 0 Å². The molecule has 0 aliphatic rings. The van der Waals surface area contributed by atoms with Gasteiger partial charge in [-0.25, -0.2) is 0 Å². The molecule has 110 valence electrons. The van der Waals surface area contributed by atoms with E-state index in [1.807, 2.05) is 32.2 Å². The molecule has 4 heteroatoms. The number of rotatable bonds is 5. The molecule has 1 amide bonds. The molecule has 0 fully saturated rings. The highest BCUT2D eigenvalue weighted by atomic mass is 16.2. The highest BCUT2D eigenvalue weighted by Gasteiger charge is 2.16. The predicted octanol–water partition coefficient (Wildman–Crippen LogP) is 3.09. The normalized spacial score (nSPS) is 10.2. The Morgan fingerprint density at radius 1 is 1.33 bits per heavy atom. The first-order valence-electron chi connectivity index (χ1n) is 7.10. The Balaban J connectivity index is 2.16. The number of pyridine rings is 1. The third-order valence-electron chi connectivity index (χ3n) is 3.27. The second kappa shape index (κ2) is 6.88. The first-order chi connectivity index (χ1) is 10.1. The number of aromatic nitrogens is 1. The van der Waals surface area contributed by atoms with Crippen LogP contribution in [-0.4, -0.2) is 29.4 Å². The van der Waals surface area contributed by atoms with Crippen molar-refractivity contribution in [3.8, 4) is 0 Å². The number of aryl methyl sites for hydroxylation is 1. The highest BCUT2D eigenvalue weighted by Crippen LogP contribution is 2.16. The van der Waals surface area contributed by atoms with Crippen molar-refractivity contribution in [2.24, 2.45) is 0 Å². The van der Waals surface area contributed by atoms with Crippen LogP contribution in [0.15, 0.2) is 42.7 Å². The number of amides is 1. The summed E-state index contributed by atoms with van der Waals surface area (Å²) in [7, 11) is 1.81. The van der Waals surface area contributed by atoms with Crippen LogP contribution in [0, 0.1) is 6.92 Å². The number of hydrogen-bond donors (Lipinski definition) is 1. The Bertz CT molecular complexity index is 625. The van der Waals surface area contributed by atoms with Crippen molar-refractivity contribution in [3.05, 3.63) is 59.4 Å². The number of carbonyl (C=O) groups is 1. The van der Waals surface area contributed by atoms with Crippen molar-refractivity contribution < 1.29 is 4.79 Å². The fraction of sp³-hybridized carbons (Fsp3) is 0.294. The quantitative estimate of drug-likeness (QED) is 0.917. The largest absolute Gasteiger partial charge is 0.385 e. The molecule has 2 aromatic rings. The second-order valence-corrected chi connectivity index (χ2v) is 5.10. The van der Waals surface area contributed by atoms with Crippen molar-refractivity contribution in [2.75, 3.05) is 18.9 Å². The molecule has 0 aliphatic heterocycles. The number of nitrogens with one attached hydrogen (secondary N) is 1. The van der Waals surface area contributed by atoms with Gasteiger partial charge in [0, 0.05) is 32.5 Å².